The maximum absolute atomic E-state index is 14.1. The molecular weight excluding hydrogens is 506 g/mol. The number of rotatable bonds is 3. The molecule has 0 radical (unpaired) electrons. The smallest absolute Gasteiger partial charge is 0.303 e. The number of hydrogen-bond acceptors (Lipinski definition) is 7. The van der Waals surface area contributed by atoms with Gasteiger partial charge < -0.3 is 29.2 Å². The fourth-order valence-corrected chi connectivity index (χ4v) is 4.03. The van der Waals surface area contributed by atoms with Gasteiger partial charge >= 0.3 is 5.97 Å². The summed E-state index contributed by atoms with van der Waals surface area (Å²) in [5.41, 5.74) is 0. The van der Waals surface area contributed by atoms with Gasteiger partial charge in [0.25, 0.3) is 0 Å². The standard InChI is InChI=1S/C14H21BrFIO7/c1-4-9(19)10(20)7(15)14(22-4)24-12-8(17)13(16)21-5(2)11(12)23-6(3)18/h4-5,7-14,19-20H,1-3H3/t4-,5-,7-,8-,9+,10-,11-,12-,13+,14+/m1/s1. The van der Waals surface area contributed by atoms with Gasteiger partial charge in [0.05, 0.1) is 27.1 Å². The van der Waals surface area contributed by atoms with E-state index in [9.17, 15) is 19.4 Å². The lowest BCUT2D eigenvalue weighted by atomic mass is 10.0. The first-order valence-corrected chi connectivity index (χ1v) is 9.71. The molecule has 2 saturated heterocycles. The van der Waals surface area contributed by atoms with Crippen LogP contribution in [0.1, 0.15) is 20.8 Å². The lowest BCUT2D eigenvalue weighted by Gasteiger charge is -2.45. The van der Waals surface area contributed by atoms with Gasteiger partial charge in [0.15, 0.2) is 12.4 Å². The molecule has 0 aliphatic carbocycles. The van der Waals surface area contributed by atoms with E-state index in [1.54, 1.807) is 13.8 Å². The molecule has 2 rings (SSSR count). The first-order chi connectivity index (χ1) is 11.1. The van der Waals surface area contributed by atoms with Gasteiger partial charge in [-0.3, -0.25) is 4.79 Å². The Morgan fingerprint density at radius 1 is 1.17 bits per heavy atom. The van der Waals surface area contributed by atoms with Crippen LogP contribution in [-0.2, 0) is 23.7 Å². The van der Waals surface area contributed by atoms with Crippen LogP contribution in [0.15, 0.2) is 0 Å². The molecule has 0 aromatic rings. The monoisotopic (exact) mass is 526 g/mol. The third-order valence-electron chi connectivity index (χ3n) is 4.05. The minimum absolute atomic E-state index is 0.534. The quantitative estimate of drug-likeness (QED) is 0.322. The number of carbonyl (C=O) groups excluding carboxylic acids is 1. The van der Waals surface area contributed by atoms with Crippen molar-refractivity contribution in [2.24, 2.45) is 0 Å². The van der Waals surface area contributed by atoms with Gasteiger partial charge in [0.2, 0.25) is 6.36 Å². The number of carbonyl (C=O) groups is 1. The highest BCUT2D eigenvalue weighted by atomic mass is 127. The molecule has 0 bridgehead atoms. The topological polar surface area (TPSA) is 94.5 Å². The average molecular weight is 527 g/mol. The summed E-state index contributed by atoms with van der Waals surface area (Å²) >= 11 is 5.08. The van der Waals surface area contributed by atoms with Gasteiger partial charge in [-0.05, 0) is 13.8 Å². The van der Waals surface area contributed by atoms with Gasteiger partial charge in [0.1, 0.15) is 12.2 Å². The van der Waals surface area contributed by atoms with E-state index in [2.05, 4.69) is 15.9 Å². The van der Waals surface area contributed by atoms with Crippen molar-refractivity contribution < 1.29 is 38.3 Å². The Morgan fingerprint density at radius 2 is 1.79 bits per heavy atom. The van der Waals surface area contributed by atoms with Crippen LogP contribution in [0.5, 0.6) is 0 Å². The largest absolute Gasteiger partial charge is 0.457 e. The minimum atomic E-state index is -1.59. The number of alkyl halides is 3. The Balaban J connectivity index is 2.17. The van der Waals surface area contributed by atoms with Crippen LogP contribution in [0, 0.1) is 0 Å². The van der Waals surface area contributed by atoms with Gasteiger partial charge in [0, 0.05) is 6.92 Å². The Morgan fingerprint density at radius 3 is 2.38 bits per heavy atom. The Kier molecular flexibility index (Phi) is 7.25. The molecule has 140 valence electrons. The predicted octanol–water partition coefficient (Wildman–Crippen LogP) is 1.05. The van der Waals surface area contributed by atoms with E-state index in [-0.39, 0.29) is 0 Å². The summed E-state index contributed by atoms with van der Waals surface area (Å²) in [4.78, 5) is 10.6. The van der Waals surface area contributed by atoms with Crippen molar-refractivity contribution in [2.45, 2.75) is 78.8 Å². The highest BCUT2D eigenvalue weighted by molar-refractivity contribution is 14.1. The molecule has 2 aliphatic rings. The number of ether oxygens (including phenoxy) is 4. The summed E-state index contributed by atoms with van der Waals surface area (Å²) in [6, 6.07) is 0. The van der Waals surface area contributed by atoms with Crippen LogP contribution in [-0.4, -0.2) is 74.2 Å². The maximum Gasteiger partial charge on any atom is 0.303 e. The van der Waals surface area contributed by atoms with E-state index in [1.165, 1.54) is 6.92 Å². The lowest BCUT2D eigenvalue weighted by Crippen LogP contribution is -2.60. The molecule has 0 spiro atoms. The highest BCUT2D eigenvalue weighted by Crippen LogP contribution is 2.35. The third-order valence-corrected chi connectivity index (χ3v) is 6.30. The van der Waals surface area contributed by atoms with Crippen molar-refractivity contribution in [3.63, 3.8) is 0 Å². The Bertz CT molecular complexity index is 459. The molecule has 0 unspecified atom stereocenters. The number of hydrogen-bond donors (Lipinski definition) is 2. The van der Waals surface area contributed by atoms with E-state index in [4.69, 9.17) is 18.9 Å². The van der Waals surface area contributed by atoms with Crippen molar-refractivity contribution >= 4 is 44.5 Å². The van der Waals surface area contributed by atoms with Crippen LogP contribution < -0.4 is 0 Å². The normalized spacial score (nSPS) is 49.7. The molecular formula is C14H21BrFIO7. The molecule has 10 atom stereocenters. The molecule has 2 heterocycles. The zero-order chi connectivity index (χ0) is 18.2. The van der Waals surface area contributed by atoms with Gasteiger partial charge in [-0.25, -0.2) is 4.39 Å². The van der Waals surface area contributed by atoms with E-state index in [0.717, 1.165) is 0 Å². The van der Waals surface area contributed by atoms with Gasteiger partial charge in [-0.2, -0.15) is 0 Å². The van der Waals surface area contributed by atoms with Crippen LogP contribution in [0.25, 0.3) is 0 Å². The van der Waals surface area contributed by atoms with E-state index < -0.39 is 64.0 Å². The summed E-state index contributed by atoms with van der Waals surface area (Å²) in [5, 5.41) is 19.9. The molecule has 0 saturated carbocycles. The predicted molar refractivity (Wildman–Crippen MR) is 92.7 cm³/mol. The summed E-state index contributed by atoms with van der Waals surface area (Å²) in [6.45, 7) is 4.44. The second kappa shape index (κ2) is 8.40. The van der Waals surface area contributed by atoms with Crippen molar-refractivity contribution in [3.05, 3.63) is 0 Å². The van der Waals surface area contributed by atoms with Crippen LogP contribution in [0.4, 0.5) is 4.39 Å². The first-order valence-electron chi connectivity index (χ1n) is 7.55. The molecule has 2 N–H and O–H groups in total. The maximum atomic E-state index is 14.1. The summed E-state index contributed by atoms with van der Waals surface area (Å²) in [7, 11) is 0. The summed E-state index contributed by atoms with van der Waals surface area (Å²) in [5.74, 6) is -0.534. The van der Waals surface area contributed by atoms with E-state index >= 15 is 0 Å². The molecule has 0 aromatic heterocycles. The lowest BCUT2D eigenvalue weighted by molar-refractivity contribution is -0.288. The van der Waals surface area contributed by atoms with Crippen LogP contribution in [0.2, 0.25) is 0 Å². The highest BCUT2D eigenvalue weighted by Gasteiger charge is 2.50. The fourth-order valence-electron chi connectivity index (χ4n) is 2.72. The molecule has 10 heteroatoms. The second-order valence-corrected chi connectivity index (χ2v) is 8.44. The fraction of sp³-hybridized carbons (Fsp3) is 0.929. The van der Waals surface area contributed by atoms with Crippen molar-refractivity contribution in [3.8, 4) is 0 Å². The van der Waals surface area contributed by atoms with Crippen LogP contribution in [0.3, 0.4) is 0 Å². The number of aliphatic hydroxyl groups excluding tert-OH is 2. The molecule has 2 fully saturated rings. The van der Waals surface area contributed by atoms with Crippen molar-refractivity contribution in [1.29, 1.82) is 0 Å². The first kappa shape index (κ1) is 20.7. The zero-order valence-corrected chi connectivity index (χ0v) is 17.1. The Labute approximate surface area is 161 Å². The molecule has 24 heavy (non-hydrogen) atoms. The number of aliphatic hydroxyl groups is 2. The molecule has 2 aliphatic heterocycles. The van der Waals surface area contributed by atoms with E-state index in [0.29, 0.717) is 0 Å². The molecule has 0 aromatic carbocycles. The van der Waals surface area contributed by atoms with E-state index in [1.807, 2.05) is 22.6 Å². The number of halogens is 3. The van der Waals surface area contributed by atoms with Crippen molar-refractivity contribution in [2.75, 3.05) is 0 Å². The zero-order valence-electron chi connectivity index (χ0n) is 13.3. The van der Waals surface area contributed by atoms with Crippen LogP contribution >= 0.6 is 38.5 Å². The molecule has 7 nitrogen and oxygen atoms in total. The second-order valence-electron chi connectivity index (χ2n) is 5.95. The summed E-state index contributed by atoms with van der Waals surface area (Å²) in [6.07, 6.45) is -7.76. The van der Waals surface area contributed by atoms with Gasteiger partial charge in [-0.1, -0.05) is 38.5 Å². The average Bonchev–Trinajstić information content (AvgIpc) is 2.50. The third kappa shape index (κ3) is 4.38. The van der Waals surface area contributed by atoms with Crippen molar-refractivity contribution in [1.82, 2.24) is 0 Å². The minimum Gasteiger partial charge on any atom is -0.457 e. The Hall–Kier alpha value is 0.410. The number of esters is 1. The molecule has 0 amide bonds. The summed E-state index contributed by atoms with van der Waals surface area (Å²) < 4.78 is 35.1. The SMILES string of the molecule is CC(=O)O[C@H]1[C@H](O[C@@H]2O[C@H](C)[C@H](O)[C@H](O)[C@H]2Br)[C@@H](I)[C@@H](F)O[C@@H]1C. The van der Waals surface area contributed by atoms with Gasteiger partial charge in [-0.15, -0.1) is 0 Å².